The molecule has 0 saturated carbocycles. The Morgan fingerprint density at radius 1 is 0.593 bits per heavy atom. The first-order chi connectivity index (χ1) is 11.9. The summed E-state index contributed by atoms with van der Waals surface area (Å²) in [6.07, 6.45) is -7.72. The van der Waals surface area contributed by atoms with Crippen LogP contribution in [0.5, 0.6) is 0 Å². The highest BCUT2D eigenvalue weighted by Gasteiger charge is 2.52. The number of phosphoric ester groups is 4. The maximum absolute atomic E-state index is 11.1. The van der Waals surface area contributed by atoms with Gasteiger partial charge in [-0.05, 0) is 0 Å². The van der Waals surface area contributed by atoms with Gasteiger partial charge in [0.1, 0.15) is 24.4 Å². The Balaban J connectivity index is 3.13. The average Bonchev–Trinajstić information content (AvgIpc) is 2.67. The molecule has 21 heteroatoms. The summed E-state index contributed by atoms with van der Waals surface area (Å²) in [7, 11) is -20.9. The zero-order valence-electron chi connectivity index (χ0n) is 12.8. The molecule has 0 radical (unpaired) electrons. The molecule has 1 rings (SSSR count). The lowest BCUT2D eigenvalue weighted by molar-refractivity contribution is -0.0376. The molecule has 0 aromatic rings. The molecule has 27 heavy (non-hydrogen) atoms. The first-order valence-corrected chi connectivity index (χ1v) is 12.5. The largest absolute Gasteiger partial charge is 0.470 e. The Hall–Kier alpha value is 0.400. The second-order valence-corrected chi connectivity index (χ2v) is 9.77. The van der Waals surface area contributed by atoms with Gasteiger partial charge in [-0.25, -0.2) is 18.3 Å². The van der Waals surface area contributed by atoms with Crippen molar-refractivity contribution in [3.05, 3.63) is 0 Å². The first kappa shape index (κ1) is 25.4. The molecular weight excluding hydrogens is 468 g/mol. The lowest BCUT2D eigenvalue weighted by Gasteiger charge is -2.24. The molecule has 0 bridgehead atoms. The predicted octanol–water partition coefficient (Wildman–Crippen LogP) is -2.07. The van der Waals surface area contributed by atoms with Gasteiger partial charge in [0.2, 0.25) is 0 Å². The van der Waals surface area contributed by atoms with Gasteiger partial charge in [0, 0.05) is 0 Å². The summed E-state index contributed by atoms with van der Waals surface area (Å²) in [4.78, 5) is 70.4. The van der Waals surface area contributed by atoms with Crippen molar-refractivity contribution in [2.24, 2.45) is 0 Å². The normalized spacial score (nSPS) is 27.9. The second kappa shape index (κ2) is 9.04. The fraction of sp³-hybridized carbons (Fsp3) is 1.00. The van der Waals surface area contributed by atoms with Crippen LogP contribution in [0.3, 0.4) is 0 Å². The molecule has 0 aromatic carbocycles. The molecule has 0 spiro atoms. The predicted molar refractivity (Wildman–Crippen MR) is 78.5 cm³/mol. The van der Waals surface area contributed by atoms with E-state index in [1.165, 1.54) is 0 Å². The van der Waals surface area contributed by atoms with E-state index in [-0.39, 0.29) is 0 Å². The highest BCUT2D eigenvalue weighted by atomic mass is 31.2. The van der Waals surface area contributed by atoms with E-state index in [4.69, 9.17) is 43.9 Å². The fourth-order valence-corrected chi connectivity index (χ4v) is 3.81. The topological polar surface area (TPSA) is 276 Å². The van der Waals surface area contributed by atoms with Gasteiger partial charge in [-0.1, -0.05) is 0 Å². The summed E-state index contributed by atoms with van der Waals surface area (Å²) in [5.41, 5.74) is 0. The molecule has 0 unspecified atom stereocenters. The van der Waals surface area contributed by atoms with E-state index >= 15 is 0 Å². The Bertz CT molecular complexity index is 624. The summed E-state index contributed by atoms with van der Waals surface area (Å²) in [5.74, 6) is 0. The number of rotatable bonds is 10. The zero-order chi connectivity index (χ0) is 21.3. The third-order valence-electron chi connectivity index (χ3n) is 2.74. The Morgan fingerprint density at radius 3 is 1.11 bits per heavy atom. The van der Waals surface area contributed by atoms with E-state index in [0.717, 1.165) is 0 Å². The highest BCUT2D eigenvalue weighted by molar-refractivity contribution is 7.47. The van der Waals surface area contributed by atoms with Crippen LogP contribution in [0.1, 0.15) is 0 Å². The van der Waals surface area contributed by atoms with Gasteiger partial charge >= 0.3 is 31.3 Å². The van der Waals surface area contributed by atoms with Crippen molar-refractivity contribution in [3.8, 4) is 0 Å². The molecule has 162 valence electrons. The molecule has 1 fully saturated rings. The van der Waals surface area contributed by atoms with E-state index in [1.807, 2.05) is 0 Å². The van der Waals surface area contributed by atoms with Gasteiger partial charge in [0.15, 0.2) is 0 Å². The van der Waals surface area contributed by atoms with Gasteiger partial charge < -0.3 is 43.9 Å². The number of phosphoric acid groups is 4. The summed E-state index contributed by atoms with van der Waals surface area (Å²) in [5, 5.41) is 0. The Kier molecular flexibility index (Phi) is 8.52. The van der Waals surface area contributed by atoms with Crippen LogP contribution in [0.15, 0.2) is 0 Å². The number of hydrogen-bond donors (Lipinski definition) is 8. The second-order valence-electron chi connectivity index (χ2n) is 4.91. The third kappa shape index (κ3) is 10.7. The van der Waals surface area contributed by atoms with Crippen LogP contribution >= 0.6 is 31.3 Å². The van der Waals surface area contributed by atoms with E-state index < -0.39 is 68.9 Å². The monoisotopic (exact) mass is 484 g/mol. The highest BCUT2D eigenvalue weighted by Crippen LogP contribution is 2.49. The van der Waals surface area contributed by atoms with Crippen molar-refractivity contribution in [1.82, 2.24) is 0 Å². The van der Waals surface area contributed by atoms with Crippen LogP contribution in [-0.4, -0.2) is 76.8 Å². The average molecular weight is 484 g/mol. The summed E-state index contributed by atoms with van der Waals surface area (Å²) < 4.78 is 65.5. The molecule has 1 saturated heterocycles. The summed E-state index contributed by atoms with van der Waals surface area (Å²) >= 11 is 0. The van der Waals surface area contributed by atoms with Crippen LogP contribution in [-0.2, 0) is 41.1 Å². The number of hydrogen-bond acceptors (Lipinski definition) is 9. The maximum atomic E-state index is 11.1. The molecule has 1 heterocycles. The van der Waals surface area contributed by atoms with Crippen LogP contribution < -0.4 is 0 Å². The van der Waals surface area contributed by atoms with Gasteiger partial charge in [-0.15, -0.1) is 0 Å². The van der Waals surface area contributed by atoms with Gasteiger partial charge in [-0.2, -0.15) is 0 Å². The van der Waals surface area contributed by atoms with Crippen molar-refractivity contribution in [2.45, 2.75) is 24.4 Å². The molecular formula is C6H16O17P4. The quantitative estimate of drug-likeness (QED) is 0.155. The SMILES string of the molecule is O=P(O)(O)OC[C@H]1O[C@H](COP(=O)(O)O)[C@@H](OP(=O)(O)O)[C@@H]1OP(=O)(O)O. The van der Waals surface area contributed by atoms with E-state index in [1.54, 1.807) is 0 Å². The van der Waals surface area contributed by atoms with E-state index in [9.17, 15) is 18.3 Å². The van der Waals surface area contributed by atoms with Gasteiger partial charge in [0.25, 0.3) is 0 Å². The molecule has 1 aliphatic rings. The van der Waals surface area contributed by atoms with Crippen LogP contribution in [0, 0.1) is 0 Å². The Labute approximate surface area is 150 Å². The molecule has 17 nitrogen and oxygen atoms in total. The zero-order valence-corrected chi connectivity index (χ0v) is 16.3. The summed E-state index contributed by atoms with van der Waals surface area (Å²) in [6, 6.07) is 0. The molecule has 8 N–H and O–H groups in total. The maximum Gasteiger partial charge on any atom is 0.470 e. The molecule has 0 aromatic heterocycles. The fourth-order valence-electron chi connectivity index (χ4n) is 1.98. The summed E-state index contributed by atoms with van der Waals surface area (Å²) in [6.45, 7) is -2.19. The lowest BCUT2D eigenvalue weighted by Crippen LogP contribution is -2.39. The molecule has 0 amide bonds. The molecule has 1 aliphatic heterocycles. The van der Waals surface area contributed by atoms with E-state index in [2.05, 4.69) is 18.1 Å². The van der Waals surface area contributed by atoms with Crippen molar-refractivity contribution in [2.75, 3.05) is 13.2 Å². The smallest absolute Gasteiger partial charge is 0.364 e. The molecule has 0 aliphatic carbocycles. The van der Waals surface area contributed by atoms with Crippen molar-refractivity contribution < 1.29 is 80.2 Å². The minimum absolute atomic E-state index is 1.09. The van der Waals surface area contributed by atoms with Crippen molar-refractivity contribution >= 4 is 31.3 Å². The Morgan fingerprint density at radius 2 is 0.889 bits per heavy atom. The van der Waals surface area contributed by atoms with Crippen LogP contribution in [0.25, 0.3) is 0 Å². The van der Waals surface area contributed by atoms with E-state index in [0.29, 0.717) is 0 Å². The third-order valence-corrected chi connectivity index (χ3v) is 4.75. The van der Waals surface area contributed by atoms with Crippen LogP contribution in [0.2, 0.25) is 0 Å². The van der Waals surface area contributed by atoms with Gasteiger partial charge in [0.05, 0.1) is 13.2 Å². The lowest BCUT2D eigenvalue weighted by atomic mass is 10.1. The minimum atomic E-state index is -5.35. The van der Waals surface area contributed by atoms with Crippen molar-refractivity contribution in [3.63, 3.8) is 0 Å². The van der Waals surface area contributed by atoms with Gasteiger partial charge in [-0.3, -0.25) is 18.1 Å². The standard InChI is InChI=1S/C6H16O17P4/c7-24(8,9)19-1-3-5(22-26(13,14)15)6(23-27(16,17)18)4(21-3)2-20-25(10,11)12/h3-6H,1-2H2,(H2,7,8,9)(H2,10,11,12)(H2,13,14,15)(H2,16,17,18)/t3-,4-,5-,6-/m1/s1. The number of ether oxygens (including phenoxy) is 1. The minimum Gasteiger partial charge on any atom is -0.364 e. The van der Waals surface area contributed by atoms with Crippen molar-refractivity contribution in [1.29, 1.82) is 0 Å². The van der Waals surface area contributed by atoms with Crippen LogP contribution in [0.4, 0.5) is 0 Å². The first-order valence-electron chi connectivity index (χ1n) is 6.40. The molecule has 4 atom stereocenters.